The van der Waals surface area contributed by atoms with Gasteiger partial charge in [0.2, 0.25) is 0 Å². The van der Waals surface area contributed by atoms with Gasteiger partial charge >= 0.3 is 6.03 Å². The minimum Gasteiger partial charge on any atom is -0.448 e. The van der Waals surface area contributed by atoms with Crippen LogP contribution >= 0.6 is 0 Å². The van der Waals surface area contributed by atoms with Gasteiger partial charge in [0.15, 0.2) is 11.5 Å². The number of ether oxygens (including phenoxy) is 3. The fourth-order valence-electron chi connectivity index (χ4n) is 3.64. The molecule has 6 heteroatoms. The molecule has 1 aliphatic carbocycles. The summed E-state index contributed by atoms with van der Waals surface area (Å²) in [4.78, 5) is 12.1. The summed E-state index contributed by atoms with van der Waals surface area (Å²) in [6.07, 6.45) is 7.52. The Morgan fingerprint density at radius 3 is 2.75 bits per heavy atom. The van der Waals surface area contributed by atoms with E-state index >= 15 is 0 Å². The summed E-state index contributed by atoms with van der Waals surface area (Å²) in [5.41, 5.74) is 0.703. The fraction of sp³-hybridized carbons (Fsp3) is 0.611. The normalized spacial score (nSPS) is 24.1. The maximum absolute atomic E-state index is 12.1. The third-order valence-electron chi connectivity index (χ3n) is 4.92. The standard InChI is InChI=1S/C18H24N2O4/c21-17(19-12-14-5-1-4-10-22-14)20-13-6-7-15-16(11-13)24-18(23-15)8-2-3-9-18/h6-7,11,14H,1-5,8-10,12H2,(H2,19,20,21). The van der Waals surface area contributed by atoms with Crippen LogP contribution in [0.4, 0.5) is 10.5 Å². The highest BCUT2D eigenvalue weighted by Gasteiger charge is 2.44. The molecule has 1 atom stereocenters. The van der Waals surface area contributed by atoms with Crippen LogP contribution in [0, 0.1) is 0 Å². The van der Waals surface area contributed by atoms with Crippen molar-refractivity contribution in [2.24, 2.45) is 0 Å². The molecule has 0 bridgehead atoms. The molecule has 2 fully saturated rings. The maximum atomic E-state index is 12.1. The summed E-state index contributed by atoms with van der Waals surface area (Å²) in [5, 5.41) is 5.72. The van der Waals surface area contributed by atoms with Gasteiger partial charge in [0, 0.05) is 37.7 Å². The van der Waals surface area contributed by atoms with Crippen molar-refractivity contribution in [3.05, 3.63) is 18.2 Å². The van der Waals surface area contributed by atoms with E-state index in [1.807, 2.05) is 18.2 Å². The number of amides is 2. The average molecular weight is 332 g/mol. The highest BCUT2D eigenvalue weighted by Crippen LogP contribution is 2.47. The van der Waals surface area contributed by atoms with Gasteiger partial charge in [0.05, 0.1) is 6.10 Å². The molecule has 1 unspecified atom stereocenters. The van der Waals surface area contributed by atoms with Crippen LogP contribution in [-0.2, 0) is 4.74 Å². The van der Waals surface area contributed by atoms with Gasteiger partial charge < -0.3 is 24.8 Å². The molecular weight excluding hydrogens is 308 g/mol. The first-order chi connectivity index (χ1) is 11.7. The predicted octanol–water partition coefficient (Wildman–Crippen LogP) is 3.42. The van der Waals surface area contributed by atoms with Crippen molar-refractivity contribution in [2.45, 2.75) is 56.8 Å². The second-order valence-electron chi connectivity index (χ2n) is 6.81. The van der Waals surface area contributed by atoms with Crippen molar-refractivity contribution in [1.29, 1.82) is 0 Å². The number of urea groups is 1. The SMILES string of the molecule is O=C(NCC1CCCCO1)Nc1ccc2c(c1)OC1(CCCC1)O2. The van der Waals surface area contributed by atoms with E-state index in [0.717, 1.165) is 57.3 Å². The van der Waals surface area contributed by atoms with E-state index in [2.05, 4.69) is 10.6 Å². The van der Waals surface area contributed by atoms with Crippen LogP contribution in [0.1, 0.15) is 44.9 Å². The molecule has 130 valence electrons. The number of hydrogen-bond donors (Lipinski definition) is 2. The number of anilines is 1. The van der Waals surface area contributed by atoms with E-state index in [9.17, 15) is 4.79 Å². The zero-order valence-corrected chi connectivity index (χ0v) is 13.8. The Hall–Kier alpha value is -1.95. The molecule has 2 aliphatic heterocycles. The number of hydrogen-bond acceptors (Lipinski definition) is 4. The van der Waals surface area contributed by atoms with Crippen molar-refractivity contribution >= 4 is 11.7 Å². The third kappa shape index (κ3) is 3.29. The Morgan fingerprint density at radius 1 is 1.12 bits per heavy atom. The van der Waals surface area contributed by atoms with Crippen LogP contribution < -0.4 is 20.1 Å². The van der Waals surface area contributed by atoms with Gasteiger partial charge in [-0.1, -0.05) is 0 Å². The number of carbonyl (C=O) groups excluding carboxylic acids is 1. The molecule has 6 nitrogen and oxygen atoms in total. The van der Waals surface area contributed by atoms with Crippen LogP contribution in [0.25, 0.3) is 0 Å². The lowest BCUT2D eigenvalue weighted by Crippen LogP contribution is -2.37. The van der Waals surface area contributed by atoms with Crippen molar-refractivity contribution in [3.63, 3.8) is 0 Å². The molecular formula is C18H24N2O4. The summed E-state index contributed by atoms with van der Waals surface area (Å²) >= 11 is 0. The summed E-state index contributed by atoms with van der Waals surface area (Å²) in [6.45, 7) is 1.33. The van der Waals surface area contributed by atoms with Crippen LogP contribution in [-0.4, -0.2) is 31.1 Å². The van der Waals surface area contributed by atoms with E-state index in [4.69, 9.17) is 14.2 Å². The van der Waals surface area contributed by atoms with Crippen molar-refractivity contribution in [2.75, 3.05) is 18.5 Å². The quantitative estimate of drug-likeness (QED) is 0.890. The van der Waals surface area contributed by atoms with E-state index in [1.54, 1.807) is 0 Å². The number of fused-ring (bicyclic) bond motifs is 1. The molecule has 24 heavy (non-hydrogen) atoms. The molecule has 1 spiro atoms. The lowest BCUT2D eigenvalue weighted by molar-refractivity contribution is -0.0716. The Morgan fingerprint density at radius 2 is 1.96 bits per heavy atom. The van der Waals surface area contributed by atoms with E-state index in [1.165, 1.54) is 0 Å². The monoisotopic (exact) mass is 332 g/mol. The van der Waals surface area contributed by atoms with Gasteiger partial charge in [-0.05, 0) is 44.2 Å². The second kappa shape index (κ2) is 6.51. The molecule has 3 aliphatic rings. The Kier molecular flexibility index (Phi) is 4.22. The van der Waals surface area contributed by atoms with E-state index in [0.29, 0.717) is 18.0 Å². The Labute approximate surface area is 141 Å². The zero-order chi connectivity index (χ0) is 16.4. The van der Waals surface area contributed by atoms with Crippen LogP contribution in [0.15, 0.2) is 18.2 Å². The molecule has 2 N–H and O–H groups in total. The van der Waals surface area contributed by atoms with Crippen molar-refractivity contribution < 1.29 is 19.0 Å². The second-order valence-corrected chi connectivity index (χ2v) is 6.81. The van der Waals surface area contributed by atoms with Gasteiger partial charge in [-0.2, -0.15) is 0 Å². The molecule has 2 amide bonds. The molecule has 0 radical (unpaired) electrons. The number of benzene rings is 1. The average Bonchev–Trinajstić information content (AvgIpc) is 3.20. The summed E-state index contributed by atoms with van der Waals surface area (Å²) in [7, 11) is 0. The number of rotatable bonds is 3. The summed E-state index contributed by atoms with van der Waals surface area (Å²) < 4.78 is 17.6. The van der Waals surface area contributed by atoms with Gasteiger partial charge in [-0.15, -0.1) is 0 Å². The van der Waals surface area contributed by atoms with Gasteiger partial charge in [-0.25, -0.2) is 4.79 Å². The minimum absolute atomic E-state index is 0.128. The lowest BCUT2D eigenvalue weighted by Gasteiger charge is -2.22. The topological polar surface area (TPSA) is 68.8 Å². The Balaban J connectivity index is 1.32. The summed E-state index contributed by atoms with van der Waals surface area (Å²) in [5.74, 6) is 1.01. The molecule has 1 aromatic carbocycles. The first-order valence-electron chi connectivity index (χ1n) is 8.91. The molecule has 1 saturated carbocycles. The van der Waals surface area contributed by atoms with Gasteiger partial charge in [0.25, 0.3) is 5.79 Å². The van der Waals surface area contributed by atoms with Crippen LogP contribution in [0.2, 0.25) is 0 Å². The first kappa shape index (κ1) is 15.6. The minimum atomic E-state index is -0.471. The van der Waals surface area contributed by atoms with Gasteiger partial charge in [-0.3, -0.25) is 0 Å². The molecule has 2 heterocycles. The lowest BCUT2D eigenvalue weighted by atomic mass is 10.1. The van der Waals surface area contributed by atoms with Crippen molar-refractivity contribution in [3.8, 4) is 11.5 Å². The largest absolute Gasteiger partial charge is 0.448 e. The zero-order valence-electron chi connectivity index (χ0n) is 13.8. The van der Waals surface area contributed by atoms with Crippen molar-refractivity contribution in [1.82, 2.24) is 5.32 Å². The van der Waals surface area contributed by atoms with Crippen LogP contribution in [0.3, 0.4) is 0 Å². The predicted molar refractivity (Wildman–Crippen MR) is 89.5 cm³/mol. The molecule has 1 saturated heterocycles. The molecule has 4 rings (SSSR count). The molecule has 1 aromatic rings. The first-order valence-corrected chi connectivity index (χ1v) is 8.91. The highest BCUT2D eigenvalue weighted by atomic mass is 16.7. The van der Waals surface area contributed by atoms with Gasteiger partial charge in [0.1, 0.15) is 0 Å². The summed E-state index contributed by atoms with van der Waals surface area (Å²) in [6, 6.07) is 5.31. The fourth-order valence-corrected chi connectivity index (χ4v) is 3.64. The smallest absolute Gasteiger partial charge is 0.319 e. The third-order valence-corrected chi connectivity index (χ3v) is 4.92. The number of carbonyl (C=O) groups is 1. The number of nitrogens with one attached hydrogen (secondary N) is 2. The maximum Gasteiger partial charge on any atom is 0.319 e. The Bertz CT molecular complexity index is 607. The molecule has 0 aromatic heterocycles. The highest BCUT2D eigenvalue weighted by molar-refractivity contribution is 5.89. The van der Waals surface area contributed by atoms with E-state index in [-0.39, 0.29) is 12.1 Å². The van der Waals surface area contributed by atoms with E-state index < -0.39 is 5.79 Å². The van der Waals surface area contributed by atoms with Crippen LogP contribution in [0.5, 0.6) is 11.5 Å².